The Morgan fingerprint density at radius 1 is 1.36 bits per heavy atom. The molecule has 1 aromatic rings. The van der Waals surface area contributed by atoms with E-state index >= 15 is 0 Å². The summed E-state index contributed by atoms with van der Waals surface area (Å²) in [5.74, 6) is 0. The van der Waals surface area contributed by atoms with Crippen LogP contribution >= 0.6 is 11.6 Å². The van der Waals surface area contributed by atoms with E-state index in [0.29, 0.717) is 23.7 Å². The van der Waals surface area contributed by atoms with Gasteiger partial charge in [-0.1, -0.05) is 17.7 Å². The molecule has 0 aromatic heterocycles. The fraction of sp³-hybridized carbons (Fsp3) is 0.600. The lowest BCUT2D eigenvalue weighted by Crippen LogP contribution is -2.47. The molecular formula is C15H23ClN2O3S. The van der Waals surface area contributed by atoms with Crippen molar-refractivity contribution < 1.29 is 13.2 Å². The van der Waals surface area contributed by atoms with Gasteiger partial charge < -0.3 is 10.1 Å². The predicted octanol–water partition coefficient (Wildman–Crippen LogP) is 1.94. The number of rotatable bonds is 6. The summed E-state index contributed by atoms with van der Waals surface area (Å²) in [4.78, 5) is 0.238. The average Bonchev–Trinajstić information content (AvgIpc) is 2.49. The summed E-state index contributed by atoms with van der Waals surface area (Å²) in [6.45, 7) is 4.39. The Morgan fingerprint density at radius 3 is 2.68 bits per heavy atom. The van der Waals surface area contributed by atoms with Crippen LogP contribution in [0.2, 0.25) is 5.02 Å². The third kappa shape index (κ3) is 4.00. The first-order chi connectivity index (χ1) is 10.4. The highest BCUT2D eigenvalue weighted by atomic mass is 35.5. The van der Waals surface area contributed by atoms with Gasteiger partial charge in [-0.3, -0.25) is 0 Å². The molecule has 1 heterocycles. The van der Waals surface area contributed by atoms with E-state index in [9.17, 15) is 8.42 Å². The number of methoxy groups -OCH3 is 1. The fourth-order valence-corrected chi connectivity index (χ4v) is 4.49. The molecular weight excluding hydrogens is 324 g/mol. The van der Waals surface area contributed by atoms with Gasteiger partial charge in [0.15, 0.2) is 0 Å². The zero-order valence-corrected chi connectivity index (χ0v) is 14.6. The molecule has 1 saturated heterocycles. The minimum atomic E-state index is -3.58. The zero-order valence-electron chi connectivity index (χ0n) is 13.0. The summed E-state index contributed by atoms with van der Waals surface area (Å²) in [5, 5.41) is 3.75. The smallest absolute Gasteiger partial charge is 0.240 e. The minimum absolute atomic E-state index is 0.153. The molecule has 0 aliphatic carbocycles. The number of halogens is 1. The molecule has 1 fully saturated rings. The fourth-order valence-electron chi connectivity index (χ4n) is 2.84. The monoisotopic (exact) mass is 346 g/mol. The number of ether oxygens (including phenoxy) is 1. The van der Waals surface area contributed by atoms with E-state index in [1.165, 1.54) is 0 Å². The van der Waals surface area contributed by atoms with E-state index in [4.69, 9.17) is 16.3 Å². The Hall–Kier alpha value is -0.660. The third-order valence-electron chi connectivity index (χ3n) is 4.26. The maximum Gasteiger partial charge on any atom is 0.240 e. The van der Waals surface area contributed by atoms with Crippen molar-refractivity contribution >= 4 is 21.6 Å². The summed E-state index contributed by atoms with van der Waals surface area (Å²) < 4.78 is 33.2. The van der Waals surface area contributed by atoms with Crippen LogP contribution in [-0.4, -0.2) is 41.8 Å². The van der Waals surface area contributed by atoms with Gasteiger partial charge in [-0.05, 0) is 50.6 Å². The molecule has 0 unspecified atom stereocenters. The largest absolute Gasteiger partial charge is 0.384 e. The van der Waals surface area contributed by atoms with Crippen LogP contribution in [0, 0.1) is 12.3 Å². The molecule has 2 N–H and O–H groups in total. The van der Waals surface area contributed by atoms with Crippen molar-refractivity contribution in [1.82, 2.24) is 10.0 Å². The predicted molar refractivity (Wildman–Crippen MR) is 87.8 cm³/mol. The van der Waals surface area contributed by atoms with Crippen molar-refractivity contribution in [1.29, 1.82) is 0 Å². The van der Waals surface area contributed by atoms with Gasteiger partial charge in [-0.25, -0.2) is 13.1 Å². The van der Waals surface area contributed by atoms with Crippen LogP contribution in [-0.2, 0) is 14.8 Å². The van der Waals surface area contributed by atoms with Crippen LogP contribution in [0.5, 0.6) is 0 Å². The highest BCUT2D eigenvalue weighted by Crippen LogP contribution is 2.29. The zero-order chi connectivity index (χ0) is 16.2. The summed E-state index contributed by atoms with van der Waals surface area (Å²) in [7, 11) is -1.93. The standard InChI is InChI=1S/C15H23ClN2O3S/c1-12-13(16)4-3-5-14(12)22(19,20)18-10-15(11-21-2)6-8-17-9-7-15/h3-5,17-18H,6-11H2,1-2H3. The van der Waals surface area contributed by atoms with Crippen LogP contribution in [0.1, 0.15) is 18.4 Å². The summed E-state index contributed by atoms with van der Waals surface area (Å²) >= 11 is 6.03. The highest BCUT2D eigenvalue weighted by molar-refractivity contribution is 7.89. The average molecular weight is 347 g/mol. The number of sulfonamides is 1. The van der Waals surface area contributed by atoms with Crippen molar-refractivity contribution in [2.75, 3.05) is 33.4 Å². The molecule has 1 aliphatic rings. The van der Waals surface area contributed by atoms with Gasteiger partial charge in [0.25, 0.3) is 0 Å². The summed E-state index contributed by atoms with van der Waals surface area (Å²) in [5.41, 5.74) is 0.419. The van der Waals surface area contributed by atoms with Gasteiger partial charge in [0.1, 0.15) is 0 Å². The number of hydrogen-bond acceptors (Lipinski definition) is 4. The van der Waals surface area contributed by atoms with E-state index in [1.807, 2.05) is 0 Å². The maximum absolute atomic E-state index is 12.6. The Bertz CT molecular complexity index is 608. The Labute approximate surface area is 137 Å². The van der Waals surface area contributed by atoms with Crippen molar-refractivity contribution in [2.45, 2.75) is 24.7 Å². The minimum Gasteiger partial charge on any atom is -0.384 e. The SMILES string of the molecule is COCC1(CNS(=O)(=O)c2cccc(Cl)c2C)CCNCC1. The van der Waals surface area contributed by atoms with E-state index < -0.39 is 10.0 Å². The van der Waals surface area contributed by atoms with Crippen LogP contribution < -0.4 is 10.0 Å². The number of benzene rings is 1. The van der Waals surface area contributed by atoms with Crippen LogP contribution in [0.3, 0.4) is 0 Å². The molecule has 0 spiro atoms. The van der Waals surface area contributed by atoms with Crippen molar-refractivity contribution in [3.05, 3.63) is 28.8 Å². The van der Waals surface area contributed by atoms with Crippen molar-refractivity contribution in [2.24, 2.45) is 5.41 Å². The number of hydrogen-bond donors (Lipinski definition) is 2. The maximum atomic E-state index is 12.6. The van der Waals surface area contributed by atoms with E-state index in [-0.39, 0.29) is 10.3 Å². The second kappa shape index (κ2) is 7.27. The van der Waals surface area contributed by atoms with Gasteiger partial charge in [-0.15, -0.1) is 0 Å². The number of nitrogens with one attached hydrogen (secondary N) is 2. The molecule has 22 heavy (non-hydrogen) atoms. The molecule has 7 heteroatoms. The first-order valence-corrected chi connectivity index (χ1v) is 9.21. The highest BCUT2D eigenvalue weighted by Gasteiger charge is 2.33. The quantitative estimate of drug-likeness (QED) is 0.826. The van der Waals surface area contributed by atoms with Gasteiger partial charge >= 0.3 is 0 Å². The topological polar surface area (TPSA) is 67.4 Å². The van der Waals surface area contributed by atoms with Crippen LogP contribution in [0.25, 0.3) is 0 Å². The molecule has 0 radical (unpaired) electrons. The van der Waals surface area contributed by atoms with Crippen LogP contribution in [0.4, 0.5) is 0 Å². The lowest BCUT2D eigenvalue weighted by molar-refractivity contribution is 0.0577. The van der Waals surface area contributed by atoms with Gasteiger partial charge in [0, 0.05) is 24.1 Å². The van der Waals surface area contributed by atoms with Crippen molar-refractivity contribution in [3.63, 3.8) is 0 Å². The lowest BCUT2D eigenvalue weighted by atomic mass is 9.80. The second-order valence-electron chi connectivity index (χ2n) is 5.87. The molecule has 0 saturated carbocycles. The molecule has 0 atom stereocenters. The lowest BCUT2D eigenvalue weighted by Gasteiger charge is -2.37. The van der Waals surface area contributed by atoms with Gasteiger partial charge in [-0.2, -0.15) is 0 Å². The van der Waals surface area contributed by atoms with Gasteiger partial charge in [0.05, 0.1) is 11.5 Å². The van der Waals surface area contributed by atoms with E-state index in [2.05, 4.69) is 10.0 Å². The Balaban J connectivity index is 2.16. The second-order valence-corrected chi connectivity index (χ2v) is 8.01. The Kier molecular flexibility index (Phi) is 5.85. The molecule has 0 bridgehead atoms. The summed E-state index contributed by atoms with van der Waals surface area (Å²) in [6, 6.07) is 4.92. The Morgan fingerprint density at radius 2 is 2.05 bits per heavy atom. The molecule has 5 nitrogen and oxygen atoms in total. The first-order valence-electron chi connectivity index (χ1n) is 7.35. The van der Waals surface area contributed by atoms with Crippen molar-refractivity contribution in [3.8, 4) is 0 Å². The summed E-state index contributed by atoms with van der Waals surface area (Å²) in [6.07, 6.45) is 1.77. The van der Waals surface area contributed by atoms with Gasteiger partial charge in [0.2, 0.25) is 10.0 Å². The van der Waals surface area contributed by atoms with E-state index in [0.717, 1.165) is 25.9 Å². The molecule has 124 valence electrons. The number of piperidine rings is 1. The normalized spacial score (nSPS) is 18.3. The first kappa shape index (κ1) is 17.7. The molecule has 0 amide bonds. The van der Waals surface area contributed by atoms with E-state index in [1.54, 1.807) is 32.2 Å². The third-order valence-corrected chi connectivity index (χ3v) is 6.21. The van der Waals surface area contributed by atoms with Crippen LogP contribution in [0.15, 0.2) is 23.1 Å². The molecule has 1 aromatic carbocycles. The molecule has 2 rings (SSSR count). The molecule has 1 aliphatic heterocycles.